The molecular weight excluding hydrogens is 160 g/mol. The van der Waals surface area contributed by atoms with Gasteiger partial charge in [0.15, 0.2) is 0 Å². The number of hydrogen-bond acceptors (Lipinski definition) is 2. The molecule has 56 valence electrons. The Morgan fingerprint density at radius 2 is 1.40 bits per heavy atom. The summed E-state index contributed by atoms with van der Waals surface area (Å²) in [7, 11) is 0. The quantitative estimate of drug-likeness (QED) is 0.587. The van der Waals surface area contributed by atoms with Gasteiger partial charge in [0.05, 0.1) is 0 Å². The van der Waals surface area contributed by atoms with Crippen LogP contribution in [0.2, 0.25) is 0 Å². The Morgan fingerprint density at radius 3 is 1.60 bits per heavy atom. The molecule has 0 aromatic heterocycles. The van der Waals surface area contributed by atoms with E-state index in [4.69, 9.17) is 0 Å². The summed E-state index contributed by atoms with van der Waals surface area (Å²) in [6, 6.07) is 0. The predicted molar refractivity (Wildman–Crippen MR) is 52.9 cm³/mol. The normalized spacial score (nSPS) is 33.2. The fourth-order valence-electron chi connectivity index (χ4n) is 0.805. The van der Waals surface area contributed by atoms with Gasteiger partial charge >= 0.3 is 0 Å². The van der Waals surface area contributed by atoms with Gasteiger partial charge in [-0.3, -0.25) is 0 Å². The van der Waals surface area contributed by atoms with Gasteiger partial charge in [0.25, 0.3) is 0 Å². The van der Waals surface area contributed by atoms with Crippen LogP contribution in [0.3, 0.4) is 0 Å². The molecule has 0 aliphatic carbocycles. The van der Waals surface area contributed by atoms with Crippen LogP contribution in [0.15, 0.2) is 25.3 Å². The van der Waals surface area contributed by atoms with E-state index in [-0.39, 0.29) is 0 Å². The zero-order valence-corrected chi connectivity index (χ0v) is 7.59. The summed E-state index contributed by atoms with van der Waals surface area (Å²) >= 11 is 3.97. The third-order valence-electron chi connectivity index (χ3n) is 1.47. The Bertz CT molecular complexity index is 107. The van der Waals surface area contributed by atoms with Gasteiger partial charge in [-0.2, -0.15) is 23.5 Å². The maximum atomic E-state index is 3.78. The summed E-state index contributed by atoms with van der Waals surface area (Å²) in [6.45, 7) is 7.55. The smallest absolute Gasteiger partial charge is 0.0315 e. The first kappa shape index (κ1) is 8.28. The second-order valence-corrected chi connectivity index (χ2v) is 4.76. The van der Waals surface area contributed by atoms with E-state index in [1.807, 2.05) is 35.7 Å². The van der Waals surface area contributed by atoms with Crippen molar-refractivity contribution in [2.45, 2.75) is 10.5 Å². The summed E-state index contributed by atoms with van der Waals surface area (Å²) in [6.07, 6.45) is 4.08. The van der Waals surface area contributed by atoms with Gasteiger partial charge in [0, 0.05) is 22.0 Å². The fourth-order valence-corrected chi connectivity index (χ4v) is 3.46. The third kappa shape index (κ3) is 2.10. The molecule has 1 aliphatic heterocycles. The van der Waals surface area contributed by atoms with Crippen LogP contribution in [0.4, 0.5) is 0 Å². The first-order valence-electron chi connectivity index (χ1n) is 3.35. The molecule has 0 spiro atoms. The van der Waals surface area contributed by atoms with E-state index in [9.17, 15) is 0 Å². The molecule has 1 aliphatic rings. The second-order valence-electron chi connectivity index (χ2n) is 2.21. The molecule has 1 fully saturated rings. The van der Waals surface area contributed by atoms with Crippen molar-refractivity contribution in [3.8, 4) is 0 Å². The minimum absolute atomic E-state index is 0.668. The van der Waals surface area contributed by atoms with Crippen LogP contribution in [-0.2, 0) is 0 Å². The Labute approximate surface area is 71.2 Å². The first-order chi connectivity index (χ1) is 4.86. The molecule has 0 bridgehead atoms. The summed E-state index contributed by atoms with van der Waals surface area (Å²) in [5.41, 5.74) is 0. The van der Waals surface area contributed by atoms with E-state index >= 15 is 0 Å². The molecule has 0 saturated carbocycles. The lowest BCUT2D eigenvalue weighted by Crippen LogP contribution is -2.17. The maximum absolute atomic E-state index is 3.78. The Kier molecular flexibility index (Phi) is 3.43. The largest absolute Gasteiger partial charge is 0.152 e. The minimum atomic E-state index is 0.668. The maximum Gasteiger partial charge on any atom is 0.0315 e. The van der Waals surface area contributed by atoms with E-state index in [2.05, 4.69) is 13.2 Å². The average Bonchev–Trinajstić information content (AvgIpc) is 2.05. The zero-order chi connectivity index (χ0) is 7.40. The van der Waals surface area contributed by atoms with Crippen molar-refractivity contribution in [3.05, 3.63) is 25.3 Å². The summed E-state index contributed by atoms with van der Waals surface area (Å²) < 4.78 is 0. The average molecular weight is 172 g/mol. The SMILES string of the molecule is C=CC1CSC(C=C)CS1. The Morgan fingerprint density at radius 1 is 1.00 bits per heavy atom. The highest BCUT2D eigenvalue weighted by Crippen LogP contribution is 2.30. The van der Waals surface area contributed by atoms with Crippen LogP contribution in [0.25, 0.3) is 0 Å². The predicted octanol–water partition coefficient (Wildman–Crippen LogP) is 2.58. The van der Waals surface area contributed by atoms with E-state index in [0.29, 0.717) is 10.5 Å². The highest BCUT2D eigenvalue weighted by Gasteiger charge is 2.16. The van der Waals surface area contributed by atoms with E-state index in [0.717, 1.165) is 0 Å². The summed E-state index contributed by atoms with van der Waals surface area (Å²) in [5.74, 6) is 2.40. The van der Waals surface area contributed by atoms with Crippen LogP contribution >= 0.6 is 23.5 Å². The molecular formula is C8H12S2. The molecule has 1 saturated heterocycles. The molecule has 0 aromatic rings. The highest BCUT2D eigenvalue weighted by molar-refractivity contribution is 8.07. The lowest BCUT2D eigenvalue weighted by atomic mass is 10.4. The van der Waals surface area contributed by atoms with Gasteiger partial charge in [-0.25, -0.2) is 0 Å². The van der Waals surface area contributed by atoms with Gasteiger partial charge in [-0.15, -0.1) is 13.2 Å². The molecule has 10 heavy (non-hydrogen) atoms. The number of rotatable bonds is 2. The molecule has 0 amide bonds. The van der Waals surface area contributed by atoms with Crippen molar-refractivity contribution in [2.75, 3.05) is 11.5 Å². The van der Waals surface area contributed by atoms with Gasteiger partial charge in [0.2, 0.25) is 0 Å². The molecule has 0 radical (unpaired) electrons. The summed E-state index contributed by atoms with van der Waals surface area (Å²) in [5, 5.41) is 1.34. The van der Waals surface area contributed by atoms with Crippen molar-refractivity contribution in [1.82, 2.24) is 0 Å². The minimum Gasteiger partial charge on any atom is -0.152 e. The molecule has 2 unspecified atom stereocenters. The van der Waals surface area contributed by atoms with Gasteiger partial charge in [-0.1, -0.05) is 12.2 Å². The van der Waals surface area contributed by atoms with E-state index in [1.54, 1.807) is 0 Å². The molecule has 0 nitrogen and oxygen atoms in total. The fraction of sp³-hybridized carbons (Fsp3) is 0.500. The van der Waals surface area contributed by atoms with Gasteiger partial charge < -0.3 is 0 Å². The molecule has 1 heterocycles. The number of hydrogen-bond donors (Lipinski definition) is 0. The number of thioether (sulfide) groups is 2. The van der Waals surface area contributed by atoms with Crippen LogP contribution in [0, 0.1) is 0 Å². The van der Waals surface area contributed by atoms with Gasteiger partial charge in [0.1, 0.15) is 0 Å². The summed E-state index contributed by atoms with van der Waals surface area (Å²) in [4.78, 5) is 0. The van der Waals surface area contributed by atoms with Crippen molar-refractivity contribution in [3.63, 3.8) is 0 Å². The van der Waals surface area contributed by atoms with Crippen LogP contribution in [0.1, 0.15) is 0 Å². The lowest BCUT2D eigenvalue weighted by Gasteiger charge is -2.22. The molecule has 2 atom stereocenters. The van der Waals surface area contributed by atoms with Crippen LogP contribution < -0.4 is 0 Å². The third-order valence-corrected chi connectivity index (χ3v) is 4.57. The Hall–Kier alpha value is 0.180. The van der Waals surface area contributed by atoms with Crippen molar-refractivity contribution in [1.29, 1.82) is 0 Å². The van der Waals surface area contributed by atoms with Crippen molar-refractivity contribution in [2.24, 2.45) is 0 Å². The highest BCUT2D eigenvalue weighted by atomic mass is 32.2. The Balaban J connectivity index is 2.30. The van der Waals surface area contributed by atoms with Crippen molar-refractivity contribution >= 4 is 23.5 Å². The molecule has 0 aromatic carbocycles. The van der Waals surface area contributed by atoms with E-state index in [1.165, 1.54) is 11.5 Å². The van der Waals surface area contributed by atoms with Crippen LogP contribution in [-0.4, -0.2) is 22.0 Å². The lowest BCUT2D eigenvalue weighted by molar-refractivity contribution is 1.17. The molecule has 0 N–H and O–H groups in total. The van der Waals surface area contributed by atoms with E-state index < -0.39 is 0 Å². The van der Waals surface area contributed by atoms with Gasteiger partial charge in [-0.05, 0) is 0 Å². The monoisotopic (exact) mass is 172 g/mol. The van der Waals surface area contributed by atoms with Crippen LogP contribution in [0.5, 0.6) is 0 Å². The first-order valence-corrected chi connectivity index (χ1v) is 5.45. The topological polar surface area (TPSA) is 0 Å². The standard InChI is InChI=1S/C8H12S2/c1-3-7-5-10-8(4-2)6-9-7/h3-4,7-8H,1-2,5-6H2. The molecule has 1 rings (SSSR count). The molecule has 2 heteroatoms. The second kappa shape index (κ2) is 4.14. The zero-order valence-electron chi connectivity index (χ0n) is 5.95. The van der Waals surface area contributed by atoms with Crippen molar-refractivity contribution < 1.29 is 0 Å².